The van der Waals surface area contributed by atoms with Crippen LogP contribution in [-0.4, -0.2) is 251 Å². The molecule has 24 nitrogen and oxygen atoms in total. The van der Waals surface area contributed by atoms with Gasteiger partial charge in [-0.25, -0.2) is 0 Å². The average Bonchev–Trinajstić information content (AvgIpc) is 3.25. The second kappa shape index (κ2) is 45.5. The highest BCUT2D eigenvalue weighted by atomic mass is 16.6. The highest BCUT2D eigenvalue weighted by Crippen LogP contribution is 1.97. The van der Waals surface area contributed by atoms with Crippen molar-refractivity contribution < 1.29 is 106 Å². The van der Waals surface area contributed by atoms with Crippen molar-refractivity contribution in [2.45, 2.75) is 25.7 Å². The largest absolute Gasteiger partial charge is 0.481 e. The molecule has 0 saturated heterocycles. The lowest BCUT2D eigenvalue weighted by atomic mass is 10.4. The van der Waals surface area contributed by atoms with E-state index in [1.165, 1.54) is 9.80 Å². The molecule has 0 spiro atoms. The van der Waals surface area contributed by atoms with Gasteiger partial charge in [0.1, 0.15) is 0 Å². The molecule has 64 heavy (non-hydrogen) atoms. The fraction of sp³-hybridized carbons (Fsp3) is 0.800. The molecule has 0 aliphatic carbocycles. The lowest BCUT2D eigenvalue weighted by molar-refractivity contribution is -0.139. The minimum absolute atomic E-state index is 0.0824. The fourth-order valence-corrected chi connectivity index (χ4v) is 4.40. The van der Waals surface area contributed by atoms with Crippen molar-refractivity contribution >= 4 is 35.7 Å². The summed E-state index contributed by atoms with van der Waals surface area (Å²) in [6.07, 6.45) is -0.403. The van der Waals surface area contributed by atoms with Crippen molar-refractivity contribution in [3.05, 3.63) is 0 Å². The summed E-state index contributed by atoms with van der Waals surface area (Å²) in [5.41, 5.74) is 0. The van der Waals surface area contributed by atoms with E-state index < -0.39 is 35.7 Å². The molecule has 0 saturated carbocycles. The average molecular weight is 929 g/mol. The van der Waals surface area contributed by atoms with Crippen LogP contribution in [0.15, 0.2) is 0 Å². The molecule has 0 radical (unpaired) electrons. The Kier molecular flexibility index (Phi) is 42.6. The summed E-state index contributed by atoms with van der Waals surface area (Å²) < 4.78 is 64.7. The summed E-state index contributed by atoms with van der Waals surface area (Å²) in [4.78, 5) is 71.5. The van der Waals surface area contributed by atoms with Crippen LogP contribution in [0.3, 0.4) is 0 Å². The molecule has 0 rings (SSSR count). The normalized spacial score (nSPS) is 10.9. The van der Waals surface area contributed by atoms with Crippen molar-refractivity contribution in [1.82, 2.24) is 9.80 Å². The second-order valence-corrected chi connectivity index (χ2v) is 12.8. The van der Waals surface area contributed by atoms with Crippen LogP contribution in [0.4, 0.5) is 0 Å². The molecule has 4 N–H and O–H groups in total. The number of hydrogen-bond acceptors (Lipinski definition) is 18. The molecular weight excluding hydrogens is 860 g/mol. The molecule has 370 valence electrons. The number of ether oxygens (including phenoxy) is 12. The number of carboxylic acids is 4. The first-order chi connectivity index (χ1) is 31.0. The van der Waals surface area contributed by atoms with Crippen LogP contribution in [-0.2, 0) is 85.6 Å². The lowest BCUT2D eigenvalue weighted by Gasteiger charge is -2.21. The van der Waals surface area contributed by atoms with Gasteiger partial charge in [-0.1, -0.05) is 0 Å². The zero-order chi connectivity index (χ0) is 47.1. The van der Waals surface area contributed by atoms with E-state index >= 15 is 0 Å². The van der Waals surface area contributed by atoms with Crippen molar-refractivity contribution in [3.63, 3.8) is 0 Å². The smallest absolute Gasteiger partial charge is 0.305 e. The third-order valence-electron chi connectivity index (χ3n) is 7.69. The standard InChI is InChI=1S/C40H68N2O22/c43-35(41(7-15-57-23-31-61-27-19-53-11-3-37(45)46)8-16-58-24-32-62-28-20-54-12-4-38(47)48)1-2-36(44)42(9-17-59-25-33-63-29-21-55-13-5-39(49)50)10-18-60-26-34-64-30-22-56-14-6-40(51)52/h3-34H2,(H,45,46)(H,47,48)(H,49,50)(H,51,52). The van der Waals surface area contributed by atoms with Crippen LogP contribution in [0.25, 0.3) is 0 Å². The molecule has 0 aromatic carbocycles. The number of hydrogen-bond donors (Lipinski definition) is 4. The van der Waals surface area contributed by atoms with Gasteiger partial charge in [-0.15, -0.1) is 0 Å². The molecule has 2 amide bonds. The molecule has 0 fully saturated rings. The summed E-state index contributed by atoms with van der Waals surface area (Å²) in [5, 5.41) is 34.6. The summed E-state index contributed by atoms with van der Waals surface area (Å²) in [6.45, 7) is 4.94. The van der Waals surface area contributed by atoms with Crippen LogP contribution in [0.2, 0.25) is 0 Å². The fourth-order valence-electron chi connectivity index (χ4n) is 4.40. The first kappa shape index (κ1) is 59.9. The maximum atomic E-state index is 13.3. The van der Waals surface area contributed by atoms with Gasteiger partial charge in [-0.3, -0.25) is 28.8 Å². The third-order valence-corrected chi connectivity index (χ3v) is 7.69. The molecule has 24 heteroatoms. The highest BCUT2D eigenvalue weighted by Gasteiger charge is 2.15. The number of carbonyl (C=O) groups is 6. The summed E-state index contributed by atoms with van der Waals surface area (Å²) in [5.74, 6) is -0.282. The molecule has 0 aliphatic heterocycles. The van der Waals surface area contributed by atoms with Gasteiger partial charge in [0.05, 0.1) is 184 Å². The minimum Gasteiger partial charge on any atom is -0.481 e. The van der Waals surface area contributed by atoms with E-state index in [0.717, 1.165) is 0 Å². The SMILES string of the molecule is O=C(O)CCOCCOCCOCCN(CCOCCOCCOCCC(=O)O)C(=O)C#CC(=O)N(CCOCCOCCOCCC(=O)O)CCOCCOCCOCCC(=O)O. The van der Waals surface area contributed by atoms with Crippen LogP contribution in [0.5, 0.6) is 0 Å². The number of amides is 2. The second-order valence-electron chi connectivity index (χ2n) is 12.8. The molecule has 0 atom stereocenters. The predicted octanol–water partition coefficient (Wildman–Crippen LogP) is -1.25. The summed E-state index contributed by atoms with van der Waals surface area (Å²) >= 11 is 0. The van der Waals surface area contributed by atoms with Crippen molar-refractivity contribution in [2.24, 2.45) is 0 Å². The summed E-state index contributed by atoms with van der Waals surface area (Å²) in [7, 11) is 0. The van der Waals surface area contributed by atoms with E-state index in [9.17, 15) is 28.8 Å². The van der Waals surface area contributed by atoms with Crippen LogP contribution >= 0.6 is 0 Å². The Balaban J connectivity index is 5.12. The number of carboxylic acid groups (broad SMARTS) is 4. The van der Waals surface area contributed by atoms with Gasteiger partial charge in [-0.2, -0.15) is 0 Å². The number of aliphatic carboxylic acids is 4. The van der Waals surface area contributed by atoms with Gasteiger partial charge in [0.2, 0.25) is 0 Å². The highest BCUT2D eigenvalue weighted by molar-refractivity contribution is 6.02. The van der Waals surface area contributed by atoms with Gasteiger partial charge in [0, 0.05) is 38.0 Å². The van der Waals surface area contributed by atoms with Crippen molar-refractivity contribution in [1.29, 1.82) is 0 Å². The Morgan fingerprint density at radius 3 is 0.594 bits per heavy atom. The van der Waals surface area contributed by atoms with E-state index in [1.807, 2.05) is 0 Å². The van der Waals surface area contributed by atoms with Gasteiger partial charge < -0.3 is 87.1 Å². The lowest BCUT2D eigenvalue weighted by Crippen LogP contribution is -2.38. The van der Waals surface area contributed by atoms with Crippen LogP contribution in [0, 0.1) is 11.8 Å². The van der Waals surface area contributed by atoms with E-state index in [4.69, 9.17) is 77.3 Å². The molecular formula is C40H68N2O22. The molecule has 0 bridgehead atoms. The molecule has 0 aromatic rings. The first-order valence-corrected chi connectivity index (χ1v) is 20.9. The van der Waals surface area contributed by atoms with Crippen molar-refractivity contribution in [3.8, 4) is 11.8 Å². The quantitative estimate of drug-likeness (QED) is 0.0409. The van der Waals surface area contributed by atoms with Crippen molar-refractivity contribution in [2.75, 3.05) is 185 Å². The maximum absolute atomic E-state index is 13.3. The molecule has 0 heterocycles. The molecule has 0 unspecified atom stereocenters. The number of nitrogens with zero attached hydrogens (tertiary/aromatic N) is 2. The number of carbonyl (C=O) groups excluding carboxylic acids is 2. The Bertz CT molecular complexity index is 1120. The zero-order valence-electron chi connectivity index (χ0n) is 36.7. The number of rotatable bonds is 48. The minimum atomic E-state index is -0.953. The first-order valence-electron chi connectivity index (χ1n) is 20.9. The van der Waals surface area contributed by atoms with E-state index in [1.54, 1.807) is 0 Å². The zero-order valence-corrected chi connectivity index (χ0v) is 36.7. The summed E-state index contributed by atoms with van der Waals surface area (Å²) in [6, 6.07) is 0. The topological polar surface area (TPSA) is 301 Å². The molecule has 0 aromatic heterocycles. The van der Waals surface area contributed by atoms with Crippen LogP contribution in [0.1, 0.15) is 25.7 Å². The van der Waals surface area contributed by atoms with Gasteiger partial charge in [0.15, 0.2) is 0 Å². The molecule has 0 aliphatic rings. The Morgan fingerprint density at radius 2 is 0.422 bits per heavy atom. The van der Waals surface area contributed by atoms with Gasteiger partial charge in [0.25, 0.3) is 11.8 Å². The Morgan fingerprint density at radius 1 is 0.266 bits per heavy atom. The Labute approximate surface area is 373 Å². The van der Waals surface area contributed by atoms with E-state index in [0.29, 0.717) is 0 Å². The monoisotopic (exact) mass is 928 g/mol. The van der Waals surface area contributed by atoms with Gasteiger partial charge in [-0.05, 0) is 0 Å². The third kappa shape index (κ3) is 44.5. The van der Waals surface area contributed by atoms with E-state index in [2.05, 4.69) is 11.8 Å². The Hall–Kier alpha value is -4.10. The van der Waals surface area contributed by atoms with Crippen LogP contribution < -0.4 is 0 Å². The maximum Gasteiger partial charge on any atom is 0.305 e. The van der Waals surface area contributed by atoms with E-state index in [-0.39, 0.29) is 210 Å². The predicted molar refractivity (Wildman–Crippen MR) is 220 cm³/mol. The van der Waals surface area contributed by atoms with Gasteiger partial charge >= 0.3 is 23.9 Å².